The molecular weight excluding hydrogens is 450 g/mol. The lowest BCUT2D eigenvalue weighted by molar-refractivity contribution is -0.386. The molecule has 1 heterocycles. The number of carbonyl (C=O) groups excluding carboxylic acids is 1. The van der Waals surface area contributed by atoms with Crippen molar-refractivity contribution >= 4 is 21.6 Å². The van der Waals surface area contributed by atoms with Gasteiger partial charge in [0, 0.05) is 37.8 Å². The minimum Gasteiger partial charge on any atom is -0.469 e. The second-order valence-corrected chi connectivity index (χ2v) is 9.26. The lowest BCUT2D eigenvalue weighted by Gasteiger charge is -2.27. The van der Waals surface area contributed by atoms with Crippen LogP contribution in [0, 0.1) is 10.1 Å². The Kier molecular flexibility index (Phi) is 8.01. The van der Waals surface area contributed by atoms with Crippen LogP contribution in [0.2, 0.25) is 0 Å². The Bertz CT molecular complexity index is 1080. The molecule has 0 spiro atoms. The Balaban J connectivity index is 1.99. The van der Waals surface area contributed by atoms with Crippen LogP contribution in [0.5, 0.6) is 5.75 Å². The number of amides is 1. The smallest absolute Gasteiger partial charge is 0.312 e. The molecule has 10 nitrogen and oxygen atoms in total. The van der Waals surface area contributed by atoms with Crippen LogP contribution in [0.1, 0.15) is 25.5 Å². The summed E-state index contributed by atoms with van der Waals surface area (Å²) in [4.78, 5) is 25.6. The molecule has 1 fully saturated rings. The Morgan fingerprint density at radius 3 is 2.36 bits per heavy atom. The number of nitro groups is 1. The SMILES string of the molecule is CCN(CC)C(=O)C(Oc1ccc(S(=O)(=O)N2CCOCC2)cc1[N+](=O)[O-])c1ccccc1. The molecule has 1 unspecified atom stereocenters. The van der Waals surface area contributed by atoms with Crippen LogP contribution < -0.4 is 4.74 Å². The predicted octanol–water partition coefficient (Wildman–Crippen LogP) is 2.60. The fraction of sp³-hybridized carbons (Fsp3) is 0.409. The molecular formula is C22H27N3O7S. The summed E-state index contributed by atoms with van der Waals surface area (Å²) in [5.74, 6) is -0.527. The number of nitrogens with zero attached hydrogens (tertiary/aromatic N) is 3. The highest BCUT2D eigenvalue weighted by molar-refractivity contribution is 7.89. The number of ether oxygens (including phenoxy) is 2. The summed E-state index contributed by atoms with van der Waals surface area (Å²) in [6.07, 6.45) is -1.12. The van der Waals surface area contributed by atoms with Crippen LogP contribution in [-0.4, -0.2) is 67.8 Å². The van der Waals surface area contributed by atoms with E-state index in [-0.39, 0.29) is 42.9 Å². The van der Waals surface area contributed by atoms with Crippen molar-refractivity contribution in [3.63, 3.8) is 0 Å². The lowest BCUT2D eigenvalue weighted by Crippen LogP contribution is -2.40. The number of carbonyl (C=O) groups is 1. The number of morpholine rings is 1. The van der Waals surface area contributed by atoms with E-state index in [9.17, 15) is 23.3 Å². The van der Waals surface area contributed by atoms with E-state index in [1.54, 1.807) is 35.2 Å². The van der Waals surface area contributed by atoms with Gasteiger partial charge in [0.1, 0.15) is 0 Å². The van der Waals surface area contributed by atoms with Crippen LogP contribution in [0.4, 0.5) is 5.69 Å². The van der Waals surface area contributed by atoms with Gasteiger partial charge in [0.25, 0.3) is 5.91 Å². The van der Waals surface area contributed by atoms with Gasteiger partial charge in [-0.05, 0) is 26.0 Å². The largest absolute Gasteiger partial charge is 0.469 e. The van der Waals surface area contributed by atoms with Gasteiger partial charge in [-0.2, -0.15) is 4.31 Å². The highest BCUT2D eigenvalue weighted by Gasteiger charge is 2.32. The first-order valence-corrected chi connectivity index (χ1v) is 12.1. The van der Waals surface area contributed by atoms with E-state index in [0.29, 0.717) is 18.7 Å². The maximum atomic E-state index is 13.1. The highest BCUT2D eigenvalue weighted by Crippen LogP contribution is 2.35. The number of nitro benzene ring substituents is 1. The first-order valence-electron chi connectivity index (χ1n) is 10.7. The number of benzene rings is 2. The van der Waals surface area contributed by atoms with Gasteiger partial charge in [0.15, 0.2) is 5.75 Å². The van der Waals surface area contributed by atoms with Gasteiger partial charge in [0.2, 0.25) is 16.1 Å². The second kappa shape index (κ2) is 10.7. The van der Waals surface area contributed by atoms with Crippen molar-refractivity contribution in [2.75, 3.05) is 39.4 Å². The third-order valence-electron chi connectivity index (χ3n) is 5.38. The molecule has 11 heteroatoms. The number of likely N-dealkylation sites (N-methyl/N-ethyl adjacent to an activating group) is 1. The fourth-order valence-corrected chi connectivity index (χ4v) is 4.98. The van der Waals surface area contributed by atoms with Gasteiger partial charge in [-0.25, -0.2) is 8.42 Å². The highest BCUT2D eigenvalue weighted by atomic mass is 32.2. The van der Waals surface area contributed by atoms with Crippen molar-refractivity contribution in [1.82, 2.24) is 9.21 Å². The lowest BCUT2D eigenvalue weighted by atomic mass is 10.1. The summed E-state index contributed by atoms with van der Waals surface area (Å²) in [6, 6.07) is 12.2. The number of sulfonamides is 1. The molecule has 1 amide bonds. The summed E-state index contributed by atoms with van der Waals surface area (Å²) < 4.78 is 38.2. The van der Waals surface area contributed by atoms with Crippen LogP contribution in [0.25, 0.3) is 0 Å². The summed E-state index contributed by atoms with van der Waals surface area (Å²) in [6.45, 7) is 5.41. The zero-order valence-electron chi connectivity index (χ0n) is 18.5. The third-order valence-corrected chi connectivity index (χ3v) is 7.28. The van der Waals surface area contributed by atoms with Crippen LogP contribution in [0.3, 0.4) is 0 Å². The maximum absolute atomic E-state index is 13.1. The van der Waals surface area contributed by atoms with E-state index in [4.69, 9.17) is 9.47 Å². The van der Waals surface area contributed by atoms with Crippen molar-refractivity contribution in [2.45, 2.75) is 24.8 Å². The third kappa shape index (κ3) is 5.49. The normalized spacial score (nSPS) is 15.6. The number of hydrogen-bond donors (Lipinski definition) is 0. The Morgan fingerprint density at radius 1 is 1.15 bits per heavy atom. The van der Waals surface area contributed by atoms with Crippen molar-refractivity contribution in [3.05, 3.63) is 64.2 Å². The quantitative estimate of drug-likeness (QED) is 0.402. The summed E-state index contributed by atoms with van der Waals surface area (Å²) >= 11 is 0. The van der Waals surface area contributed by atoms with Crippen molar-refractivity contribution in [2.24, 2.45) is 0 Å². The molecule has 0 saturated carbocycles. The molecule has 0 radical (unpaired) electrons. The predicted molar refractivity (Wildman–Crippen MR) is 120 cm³/mol. The molecule has 1 aliphatic heterocycles. The van der Waals surface area contributed by atoms with Gasteiger partial charge in [-0.15, -0.1) is 0 Å². The van der Waals surface area contributed by atoms with Gasteiger partial charge >= 0.3 is 5.69 Å². The molecule has 2 aromatic rings. The van der Waals surface area contributed by atoms with E-state index in [1.807, 2.05) is 13.8 Å². The minimum atomic E-state index is -3.93. The molecule has 0 N–H and O–H groups in total. The zero-order valence-corrected chi connectivity index (χ0v) is 19.4. The van der Waals surface area contributed by atoms with E-state index in [0.717, 1.165) is 6.07 Å². The monoisotopic (exact) mass is 477 g/mol. The number of hydrogen-bond acceptors (Lipinski definition) is 7. The van der Waals surface area contributed by atoms with Crippen molar-refractivity contribution in [3.8, 4) is 5.75 Å². The number of rotatable bonds is 9. The zero-order chi connectivity index (χ0) is 24.0. The summed E-state index contributed by atoms with van der Waals surface area (Å²) in [5.41, 5.74) is 0.00586. The van der Waals surface area contributed by atoms with Crippen LogP contribution in [0.15, 0.2) is 53.4 Å². The van der Waals surface area contributed by atoms with Crippen molar-refractivity contribution in [1.29, 1.82) is 0 Å². The van der Waals surface area contributed by atoms with Gasteiger partial charge < -0.3 is 14.4 Å². The molecule has 2 aromatic carbocycles. The van der Waals surface area contributed by atoms with E-state index < -0.39 is 26.7 Å². The van der Waals surface area contributed by atoms with Crippen LogP contribution in [-0.2, 0) is 19.6 Å². The maximum Gasteiger partial charge on any atom is 0.312 e. The van der Waals surface area contributed by atoms with E-state index >= 15 is 0 Å². The Hall–Kier alpha value is -3.02. The van der Waals surface area contributed by atoms with Gasteiger partial charge in [-0.3, -0.25) is 14.9 Å². The van der Waals surface area contributed by atoms with Crippen molar-refractivity contribution < 1.29 is 27.6 Å². The molecule has 1 saturated heterocycles. The van der Waals surface area contributed by atoms with E-state index in [2.05, 4.69) is 0 Å². The summed E-state index contributed by atoms with van der Waals surface area (Å²) in [5, 5.41) is 11.8. The van der Waals surface area contributed by atoms with Crippen LogP contribution >= 0.6 is 0 Å². The average Bonchev–Trinajstić information content (AvgIpc) is 2.84. The molecule has 178 valence electrons. The fourth-order valence-electron chi connectivity index (χ4n) is 3.55. The summed E-state index contributed by atoms with van der Waals surface area (Å²) in [7, 11) is -3.93. The average molecular weight is 478 g/mol. The molecule has 1 atom stereocenters. The molecule has 0 aromatic heterocycles. The standard InChI is InChI=1S/C22H27N3O7S/c1-3-23(4-2)22(26)21(17-8-6-5-7-9-17)32-20-11-10-18(16-19(20)25(27)28)33(29,30)24-12-14-31-15-13-24/h5-11,16,21H,3-4,12-15H2,1-2H3. The molecule has 0 aliphatic carbocycles. The molecule has 3 rings (SSSR count). The van der Waals surface area contributed by atoms with Gasteiger partial charge in [-0.1, -0.05) is 30.3 Å². The Labute approximate surface area is 192 Å². The minimum absolute atomic E-state index is 0.169. The first kappa shape index (κ1) is 24.6. The first-order chi connectivity index (χ1) is 15.8. The molecule has 0 bridgehead atoms. The van der Waals surface area contributed by atoms with E-state index in [1.165, 1.54) is 16.4 Å². The van der Waals surface area contributed by atoms with Gasteiger partial charge in [0.05, 0.1) is 23.0 Å². The second-order valence-electron chi connectivity index (χ2n) is 7.32. The Morgan fingerprint density at radius 2 is 1.79 bits per heavy atom. The molecule has 33 heavy (non-hydrogen) atoms. The molecule has 1 aliphatic rings. The topological polar surface area (TPSA) is 119 Å².